The van der Waals surface area contributed by atoms with Gasteiger partial charge in [-0.3, -0.25) is 0 Å². The Labute approximate surface area is 109 Å². The van der Waals surface area contributed by atoms with Gasteiger partial charge in [-0.1, -0.05) is 12.1 Å². The molecule has 1 fully saturated rings. The lowest BCUT2D eigenvalue weighted by Crippen LogP contribution is -2.39. The molecule has 1 saturated heterocycles. The molecule has 2 N–H and O–H groups in total. The van der Waals surface area contributed by atoms with Crippen molar-refractivity contribution < 1.29 is 9.84 Å². The summed E-state index contributed by atoms with van der Waals surface area (Å²) in [5, 5.41) is 12.7. The second-order valence-electron chi connectivity index (χ2n) is 5.27. The van der Waals surface area contributed by atoms with Crippen LogP contribution in [0.1, 0.15) is 44.7 Å². The summed E-state index contributed by atoms with van der Waals surface area (Å²) in [5.41, 5.74) is 1.28. The summed E-state index contributed by atoms with van der Waals surface area (Å²) in [5.74, 6) is 0.920. The average molecular weight is 249 g/mol. The summed E-state index contributed by atoms with van der Waals surface area (Å²) in [6.45, 7) is 4.29. The van der Waals surface area contributed by atoms with Crippen molar-refractivity contribution in [3.63, 3.8) is 0 Å². The summed E-state index contributed by atoms with van der Waals surface area (Å²) in [6, 6.07) is 8.91. The lowest BCUT2D eigenvalue weighted by molar-refractivity contribution is 0.198. The molecule has 2 atom stereocenters. The third-order valence-corrected chi connectivity index (χ3v) is 3.36. The molecule has 0 aromatic heterocycles. The van der Waals surface area contributed by atoms with Gasteiger partial charge in [-0.15, -0.1) is 0 Å². The predicted molar refractivity (Wildman–Crippen MR) is 72.8 cm³/mol. The van der Waals surface area contributed by atoms with Gasteiger partial charge in [0.25, 0.3) is 0 Å². The number of rotatable bonds is 4. The SMILES string of the molecule is CC(C)Oc1ccc(C2CCCC(CO)N2)cc1. The van der Waals surface area contributed by atoms with Crippen LogP contribution in [0.5, 0.6) is 5.75 Å². The van der Waals surface area contributed by atoms with Gasteiger partial charge in [0, 0.05) is 12.1 Å². The quantitative estimate of drug-likeness (QED) is 0.862. The first-order valence-electron chi connectivity index (χ1n) is 6.82. The summed E-state index contributed by atoms with van der Waals surface area (Å²) in [4.78, 5) is 0. The predicted octanol–water partition coefficient (Wildman–Crippen LogP) is 2.65. The lowest BCUT2D eigenvalue weighted by Gasteiger charge is -2.30. The maximum Gasteiger partial charge on any atom is 0.119 e. The van der Waals surface area contributed by atoms with Crippen LogP contribution in [0, 0.1) is 0 Å². The number of aliphatic hydroxyl groups is 1. The number of piperidine rings is 1. The van der Waals surface area contributed by atoms with Gasteiger partial charge in [0.2, 0.25) is 0 Å². The smallest absolute Gasteiger partial charge is 0.119 e. The fraction of sp³-hybridized carbons (Fsp3) is 0.600. The first kappa shape index (κ1) is 13.4. The van der Waals surface area contributed by atoms with Crippen molar-refractivity contribution >= 4 is 0 Å². The molecule has 1 aliphatic heterocycles. The molecule has 100 valence electrons. The van der Waals surface area contributed by atoms with Crippen LogP contribution < -0.4 is 10.1 Å². The molecule has 3 heteroatoms. The Morgan fingerprint density at radius 2 is 2.00 bits per heavy atom. The minimum Gasteiger partial charge on any atom is -0.491 e. The largest absolute Gasteiger partial charge is 0.491 e. The summed E-state index contributed by atoms with van der Waals surface area (Å²) in [7, 11) is 0. The van der Waals surface area contributed by atoms with Gasteiger partial charge in [0.1, 0.15) is 5.75 Å². The average Bonchev–Trinajstić information content (AvgIpc) is 2.39. The molecule has 1 aliphatic rings. The van der Waals surface area contributed by atoms with E-state index in [2.05, 4.69) is 17.4 Å². The molecule has 0 saturated carbocycles. The maximum absolute atomic E-state index is 9.22. The van der Waals surface area contributed by atoms with Crippen molar-refractivity contribution in [2.45, 2.75) is 51.3 Å². The molecular formula is C15H23NO2. The van der Waals surface area contributed by atoms with E-state index >= 15 is 0 Å². The van der Waals surface area contributed by atoms with E-state index in [-0.39, 0.29) is 18.8 Å². The van der Waals surface area contributed by atoms with Crippen LogP contribution in [0.15, 0.2) is 24.3 Å². The van der Waals surface area contributed by atoms with E-state index in [0.717, 1.165) is 18.6 Å². The molecule has 2 unspecified atom stereocenters. The van der Waals surface area contributed by atoms with E-state index in [1.54, 1.807) is 0 Å². The zero-order chi connectivity index (χ0) is 13.0. The highest BCUT2D eigenvalue weighted by Crippen LogP contribution is 2.27. The number of hydrogen-bond donors (Lipinski definition) is 2. The Kier molecular flexibility index (Phi) is 4.61. The van der Waals surface area contributed by atoms with Crippen LogP contribution in [-0.4, -0.2) is 23.9 Å². The van der Waals surface area contributed by atoms with Crippen molar-refractivity contribution in [3.05, 3.63) is 29.8 Å². The Morgan fingerprint density at radius 3 is 2.61 bits per heavy atom. The van der Waals surface area contributed by atoms with Crippen molar-refractivity contribution in [3.8, 4) is 5.75 Å². The van der Waals surface area contributed by atoms with E-state index in [0.29, 0.717) is 6.04 Å². The Balaban J connectivity index is 2.00. The Hall–Kier alpha value is -1.06. The lowest BCUT2D eigenvalue weighted by atomic mass is 9.94. The van der Waals surface area contributed by atoms with Crippen LogP contribution in [0.3, 0.4) is 0 Å². The van der Waals surface area contributed by atoms with E-state index < -0.39 is 0 Å². The topological polar surface area (TPSA) is 41.5 Å². The maximum atomic E-state index is 9.22. The van der Waals surface area contributed by atoms with Gasteiger partial charge in [0.05, 0.1) is 12.7 Å². The third kappa shape index (κ3) is 3.47. The highest BCUT2D eigenvalue weighted by Gasteiger charge is 2.21. The van der Waals surface area contributed by atoms with Gasteiger partial charge in [-0.25, -0.2) is 0 Å². The van der Waals surface area contributed by atoms with Gasteiger partial charge in [-0.05, 0) is 50.8 Å². The molecule has 18 heavy (non-hydrogen) atoms. The van der Waals surface area contributed by atoms with Crippen LogP contribution >= 0.6 is 0 Å². The van der Waals surface area contributed by atoms with Crippen molar-refractivity contribution in [2.75, 3.05) is 6.61 Å². The molecule has 2 rings (SSSR count). The molecule has 1 aromatic rings. The van der Waals surface area contributed by atoms with Gasteiger partial charge >= 0.3 is 0 Å². The normalized spacial score (nSPS) is 24.2. The number of nitrogens with one attached hydrogen (secondary N) is 1. The zero-order valence-electron chi connectivity index (χ0n) is 11.2. The molecule has 3 nitrogen and oxygen atoms in total. The molecule has 0 radical (unpaired) electrons. The van der Waals surface area contributed by atoms with Gasteiger partial charge in [0.15, 0.2) is 0 Å². The fourth-order valence-electron chi connectivity index (χ4n) is 2.48. The molecule has 1 aromatic carbocycles. The molecule has 0 bridgehead atoms. The number of aliphatic hydroxyl groups excluding tert-OH is 1. The van der Waals surface area contributed by atoms with Crippen LogP contribution in [0.25, 0.3) is 0 Å². The molecule has 0 spiro atoms. The fourth-order valence-corrected chi connectivity index (χ4v) is 2.48. The third-order valence-electron chi connectivity index (χ3n) is 3.36. The van der Waals surface area contributed by atoms with Crippen LogP contribution in [0.2, 0.25) is 0 Å². The second-order valence-corrected chi connectivity index (χ2v) is 5.27. The van der Waals surface area contributed by atoms with E-state index in [1.165, 1.54) is 12.0 Å². The van der Waals surface area contributed by atoms with Crippen molar-refractivity contribution in [2.24, 2.45) is 0 Å². The first-order valence-corrected chi connectivity index (χ1v) is 6.82. The Bertz CT molecular complexity index is 361. The highest BCUT2D eigenvalue weighted by atomic mass is 16.5. The first-order chi connectivity index (χ1) is 8.69. The molecule has 1 heterocycles. The van der Waals surface area contributed by atoms with E-state index in [9.17, 15) is 5.11 Å². The number of hydrogen-bond acceptors (Lipinski definition) is 3. The minimum atomic E-state index is 0.211. The summed E-state index contributed by atoms with van der Waals surface area (Å²) >= 11 is 0. The van der Waals surface area contributed by atoms with Crippen LogP contribution in [-0.2, 0) is 0 Å². The molecular weight excluding hydrogens is 226 g/mol. The van der Waals surface area contributed by atoms with Crippen molar-refractivity contribution in [1.29, 1.82) is 0 Å². The number of benzene rings is 1. The van der Waals surface area contributed by atoms with Crippen molar-refractivity contribution in [1.82, 2.24) is 5.32 Å². The van der Waals surface area contributed by atoms with E-state index in [1.807, 2.05) is 26.0 Å². The van der Waals surface area contributed by atoms with E-state index in [4.69, 9.17) is 4.74 Å². The standard InChI is InChI=1S/C15H23NO2/c1-11(2)18-14-8-6-12(7-9-14)15-5-3-4-13(10-17)16-15/h6-9,11,13,15-17H,3-5,10H2,1-2H3. The monoisotopic (exact) mass is 249 g/mol. The molecule has 0 aliphatic carbocycles. The zero-order valence-corrected chi connectivity index (χ0v) is 11.2. The van der Waals surface area contributed by atoms with Gasteiger partial charge in [-0.2, -0.15) is 0 Å². The minimum absolute atomic E-state index is 0.211. The Morgan fingerprint density at radius 1 is 1.28 bits per heavy atom. The number of ether oxygens (including phenoxy) is 1. The molecule has 0 amide bonds. The van der Waals surface area contributed by atoms with Crippen LogP contribution in [0.4, 0.5) is 0 Å². The second kappa shape index (κ2) is 6.21. The van der Waals surface area contributed by atoms with Gasteiger partial charge < -0.3 is 15.2 Å². The highest BCUT2D eigenvalue weighted by molar-refractivity contribution is 5.29. The summed E-state index contributed by atoms with van der Waals surface area (Å²) < 4.78 is 5.64. The summed E-state index contributed by atoms with van der Waals surface area (Å²) in [6.07, 6.45) is 3.60.